The molecule has 0 aliphatic carbocycles. The normalized spacial score (nSPS) is 11.3. The van der Waals surface area contributed by atoms with Gasteiger partial charge in [-0.3, -0.25) is 4.79 Å². The number of anilines is 2. The molecule has 0 aliphatic rings. The Hall–Kier alpha value is -1.80. The zero-order chi connectivity index (χ0) is 14.6. The van der Waals surface area contributed by atoms with Gasteiger partial charge in [0.15, 0.2) is 0 Å². The van der Waals surface area contributed by atoms with Gasteiger partial charge in [-0.25, -0.2) is 13.1 Å². The third-order valence-electron chi connectivity index (χ3n) is 2.45. The maximum absolute atomic E-state index is 11.9. The summed E-state index contributed by atoms with van der Waals surface area (Å²) in [6.45, 7) is 1.93. The number of rotatable bonds is 6. The first kappa shape index (κ1) is 15.3. The van der Waals surface area contributed by atoms with E-state index < -0.39 is 15.9 Å². The van der Waals surface area contributed by atoms with Gasteiger partial charge in [0.2, 0.25) is 15.9 Å². The van der Waals surface area contributed by atoms with Crippen LogP contribution in [0.15, 0.2) is 23.1 Å². The van der Waals surface area contributed by atoms with Crippen LogP contribution in [0.25, 0.3) is 0 Å². The van der Waals surface area contributed by atoms with Gasteiger partial charge in [0, 0.05) is 13.6 Å². The fraction of sp³-hybridized carbons (Fsp3) is 0.364. The summed E-state index contributed by atoms with van der Waals surface area (Å²) in [4.78, 5) is 12.5. The molecular formula is C11H18N4O3S. The minimum absolute atomic E-state index is 0.0467. The lowest BCUT2D eigenvalue weighted by Crippen LogP contribution is -2.31. The average molecular weight is 286 g/mol. The van der Waals surface area contributed by atoms with Gasteiger partial charge in [-0.2, -0.15) is 0 Å². The van der Waals surface area contributed by atoms with E-state index in [-0.39, 0.29) is 11.4 Å². The van der Waals surface area contributed by atoms with Crippen LogP contribution in [0.5, 0.6) is 0 Å². The van der Waals surface area contributed by atoms with E-state index in [9.17, 15) is 13.2 Å². The van der Waals surface area contributed by atoms with Gasteiger partial charge in [-0.15, -0.1) is 0 Å². The zero-order valence-electron chi connectivity index (χ0n) is 10.9. The van der Waals surface area contributed by atoms with Gasteiger partial charge in [0.05, 0.1) is 22.8 Å². The third kappa shape index (κ3) is 3.83. The Balaban J connectivity index is 3.17. The lowest BCUT2D eigenvalue weighted by Gasteiger charge is -2.20. The molecule has 8 heteroatoms. The highest BCUT2D eigenvalue weighted by molar-refractivity contribution is 7.89. The molecule has 0 saturated carbocycles. The molecule has 1 aromatic rings. The van der Waals surface area contributed by atoms with Gasteiger partial charge in [-0.1, -0.05) is 6.92 Å². The molecule has 0 heterocycles. The molecule has 0 fully saturated rings. The largest absolute Gasteiger partial charge is 0.397 e. The first-order chi connectivity index (χ1) is 8.77. The maximum atomic E-state index is 11.9. The second kappa shape index (κ2) is 5.89. The monoisotopic (exact) mass is 286 g/mol. The summed E-state index contributed by atoms with van der Waals surface area (Å²) in [7, 11) is -1.95. The van der Waals surface area contributed by atoms with Crippen LogP contribution >= 0.6 is 0 Å². The van der Waals surface area contributed by atoms with Crippen LogP contribution in [0, 0.1) is 0 Å². The number of nitrogens with zero attached hydrogens (tertiary/aromatic N) is 1. The number of sulfonamides is 1. The number of carbonyl (C=O) groups excluding carboxylic acids is 1. The third-order valence-corrected chi connectivity index (χ3v) is 3.99. The van der Waals surface area contributed by atoms with Crippen molar-refractivity contribution in [2.24, 2.45) is 5.73 Å². The van der Waals surface area contributed by atoms with Crippen LogP contribution in [0.1, 0.15) is 6.92 Å². The number of nitrogens with two attached hydrogens (primary N) is 2. The first-order valence-electron chi connectivity index (χ1n) is 5.66. The van der Waals surface area contributed by atoms with Gasteiger partial charge < -0.3 is 16.4 Å². The molecule has 1 amide bonds. The Morgan fingerprint density at radius 1 is 1.42 bits per heavy atom. The standard InChI is InChI=1S/C11H18N4O3S/c1-3-14-19(17,18)8-4-5-9(12)10(6-8)15(2)7-11(13)16/h4-6,14H,3,7,12H2,1-2H3,(H2,13,16). The van der Waals surface area contributed by atoms with Crippen molar-refractivity contribution in [2.45, 2.75) is 11.8 Å². The predicted molar refractivity (Wildman–Crippen MR) is 74.2 cm³/mol. The van der Waals surface area contributed by atoms with Crippen LogP contribution < -0.4 is 21.1 Å². The van der Waals surface area contributed by atoms with E-state index in [1.165, 1.54) is 23.1 Å². The fourth-order valence-corrected chi connectivity index (χ4v) is 2.67. The zero-order valence-corrected chi connectivity index (χ0v) is 11.7. The highest BCUT2D eigenvalue weighted by Crippen LogP contribution is 2.25. The summed E-state index contributed by atoms with van der Waals surface area (Å²) in [5.74, 6) is -0.526. The van der Waals surface area contributed by atoms with Gasteiger partial charge in [0.25, 0.3) is 0 Å². The topological polar surface area (TPSA) is 119 Å². The second-order valence-electron chi connectivity index (χ2n) is 4.04. The summed E-state index contributed by atoms with van der Waals surface area (Å²) >= 11 is 0. The molecule has 0 spiro atoms. The lowest BCUT2D eigenvalue weighted by molar-refractivity contribution is -0.116. The van der Waals surface area contributed by atoms with E-state index in [0.29, 0.717) is 17.9 Å². The van der Waals surface area contributed by atoms with E-state index in [0.717, 1.165) is 0 Å². The van der Waals surface area contributed by atoms with E-state index >= 15 is 0 Å². The molecule has 7 nitrogen and oxygen atoms in total. The maximum Gasteiger partial charge on any atom is 0.240 e. The van der Waals surface area contributed by atoms with Crippen molar-refractivity contribution in [3.8, 4) is 0 Å². The van der Waals surface area contributed by atoms with Crippen LogP contribution in [-0.4, -0.2) is 34.5 Å². The summed E-state index contributed by atoms with van der Waals surface area (Å²) < 4.78 is 26.1. The Morgan fingerprint density at radius 3 is 2.58 bits per heavy atom. The Morgan fingerprint density at radius 2 is 2.05 bits per heavy atom. The van der Waals surface area contributed by atoms with Crippen molar-refractivity contribution in [3.05, 3.63) is 18.2 Å². The number of hydrogen-bond acceptors (Lipinski definition) is 5. The predicted octanol–water partition coefficient (Wildman–Crippen LogP) is -0.511. The molecule has 1 rings (SSSR count). The molecule has 0 saturated heterocycles. The van der Waals surface area contributed by atoms with Crippen molar-refractivity contribution in [1.29, 1.82) is 0 Å². The molecule has 106 valence electrons. The van der Waals surface area contributed by atoms with Gasteiger partial charge >= 0.3 is 0 Å². The average Bonchev–Trinajstić information content (AvgIpc) is 2.27. The van der Waals surface area contributed by atoms with Crippen molar-refractivity contribution < 1.29 is 13.2 Å². The van der Waals surface area contributed by atoms with Crippen molar-refractivity contribution >= 4 is 27.3 Å². The van der Waals surface area contributed by atoms with Crippen molar-refractivity contribution in [2.75, 3.05) is 30.8 Å². The molecule has 0 aliphatic heterocycles. The highest BCUT2D eigenvalue weighted by Gasteiger charge is 2.16. The minimum atomic E-state index is -3.56. The molecule has 0 atom stereocenters. The molecule has 0 radical (unpaired) electrons. The summed E-state index contributed by atoms with van der Waals surface area (Å²) in [6.07, 6.45) is 0. The van der Waals surface area contributed by atoms with Gasteiger partial charge in [-0.05, 0) is 18.2 Å². The Bertz CT molecular complexity index is 571. The number of hydrogen-bond donors (Lipinski definition) is 3. The van der Waals surface area contributed by atoms with E-state index in [4.69, 9.17) is 11.5 Å². The molecule has 5 N–H and O–H groups in total. The number of carbonyl (C=O) groups is 1. The number of nitrogen functional groups attached to an aromatic ring is 1. The quantitative estimate of drug-likeness (QED) is 0.608. The van der Waals surface area contributed by atoms with E-state index in [1.54, 1.807) is 14.0 Å². The van der Waals surface area contributed by atoms with Crippen molar-refractivity contribution in [3.63, 3.8) is 0 Å². The Kier molecular flexibility index (Phi) is 4.73. The second-order valence-corrected chi connectivity index (χ2v) is 5.81. The number of nitrogens with one attached hydrogen (secondary N) is 1. The molecular weight excluding hydrogens is 268 g/mol. The number of primary amides is 1. The van der Waals surface area contributed by atoms with E-state index in [2.05, 4.69) is 4.72 Å². The van der Waals surface area contributed by atoms with Gasteiger partial charge in [0.1, 0.15) is 0 Å². The minimum Gasteiger partial charge on any atom is -0.397 e. The molecule has 0 bridgehead atoms. The first-order valence-corrected chi connectivity index (χ1v) is 7.15. The van der Waals surface area contributed by atoms with Crippen LogP contribution in [0.2, 0.25) is 0 Å². The Labute approximate surface area is 112 Å². The number of likely N-dealkylation sites (N-methyl/N-ethyl adjacent to an activating group) is 1. The molecule has 19 heavy (non-hydrogen) atoms. The van der Waals surface area contributed by atoms with Crippen LogP contribution in [0.4, 0.5) is 11.4 Å². The molecule has 0 aromatic heterocycles. The SMILES string of the molecule is CCNS(=O)(=O)c1ccc(N)c(N(C)CC(N)=O)c1. The molecule has 1 aromatic carbocycles. The lowest BCUT2D eigenvalue weighted by atomic mass is 10.2. The van der Waals surface area contributed by atoms with Crippen LogP contribution in [0.3, 0.4) is 0 Å². The number of amides is 1. The number of benzene rings is 1. The van der Waals surface area contributed by atoms with Crippen LogP contribution in [-0.2, 0) is 14.8 Å². The fourth-order valence-electron chi connectivity index (χ4n) is 1.61. The highest BCUT2D eigenvalue weighted by atomic mass is 32.2. The summed E-state index contributed by atoms with van der Waals surface area (Å²) in [5, 5.41) is 0. The summed E-state index contributed by atoms with van der Waals surface area (Å²) in [5.41, 5.74) is 11.7. The smallest absolute Gasteiger partial charge is 0.240 e. The summed E-state index contributed by atoms with van der Waals surface area (Å²) in [6, 6.07) is 4.31. The van der Waals surface area contributed by atoms with Crippen molar-refractivity contribution in [1.82, 2.24) is 4.72 Å². The van der Waals surface area contributed by atoms with E-state index in [1.807, 2.05) is 0 Å². The molecule has 0 unspecified atom stereocenters.